The van der Waals surface area contributed by atoms with E-state index in [2.05, 4.69) is 10.6 Å². The van der Waals surface area contributed by atoms with E-state index in [9.17, 15) is 9.90 Å². The quantitative estimate of drug-likeness (QED) is 0.805. The third-order valence-electron chi connectivity index (χ3n) is 3.30. The van der Waals surface area contributed by atoms with E-state index in [0.717, 1.165) is 5.56 Å². The Bertz CT molecular complexity index is 680. The van der Waals surface area contributed by atoms with Gasteiger partial charge in [-0.05, 0) is 44.5 Å². The molecule has 2 rings (SSSR count). The molecule has 1 unspecified atom stereocenters. The van der Waals surface area contributed by atoms with Crippen LogP contribution in [0, 0.1) is 13.8 Å². The summed E-state index contributed by atoms with van der Waals surface area (Å²) < 4.78 is 5.39. The van der Waals surface area contributed by atoms with E-state index >= 15 is 0 Å². The van der Waals surface area contributed by atoms with Crippen LogP contribution in [0.4, 0.5) is 10.5 Å². The number of urea groups is 1. The summed E-state index contributed by atoms with van der Waals surface area (Å²) in [7, 11) is 0. The highest BCUT2D eigenvalue weighted by Gasteiger charge is 2.27. The lowest BCUT2D eigenvalue weighted by Gasteiger charge is -2.21. The molecule has 22 heavy (non-hydrogen) atoms. The standard InChI is InChI=1S/C16H19ClN2O3/c1-10-5-4-6-12(14(10)17)19-15(20)18-9-16(3,21)13-8-7-11(2)22-13/h4-8,21H,9H2,1-3H3,(H2,18,19,20). The van der Waals surface area contributed by atoms with Crippen LogP contribution in [0.3, 0.4) is 0 Å². The number of anilines is 1. The van der Waals surface area contributed by atoms with E-state index < -0.39 is 11.6 Å². The molecule has 1 aromatic heterocycles. The van der Waals surface area contributed by atoms with Crippen molar-refractivity contribution in [3.63, 3.8) is 0 Å². The van der Waals surface area contributed by atoms with E-state index in [0.29, 0.717) is 22.2 Å². The Hall–Kier alpha value is -1.98. The predicted octanol–water partition coefficient (Wildman–Crippen LogP) is 3.58. The molecule has 1 atom stereocenters. The number of carbonyl (C=O) groups excluding carboxylic acids is 1. The van der Waals surface area contributed by atoms with Crippen LogP contribution < -0.4 is 10.6 Å². The van der Waals surface area contributed by atoms with Crippen LogP contribution in [-0.4, -0.2) is 17.7 Å². The fourth-order valence-corrected chi connectivity index (χ4v) is 2.15. The maximum absolute atomic E-state index is 11.9. The van der Waals surface area contributed by atoms with Crippen LogP contribution in [0.25, 0.3) is 0 Å². The summed E-state index contributed by atoms with van der Waals surface area (Å²) in [5.41, 5.74) is 0.104. The average Bonchev–Trinajstić information content (AvgIpc) is 2.89. The molecule has 118 valence electrons. The number of benzene rings is 1. The van der Waals surface area contributed by atoms with Crippen molar-refractivity contribution >= 4 is 23.3 Å². The number of amides is 2. The summed E-state index contributed by atoms with van der Waals surface area (Å²) in [6.07, 6.45) is 0. The molecule has 0 bridgehead atoms. The number of aliphatic hydroxyl groups is 1. The molecular formula is C16H19ClN2O3. The smallest absolute Gasteiger partial charge is 0.319 e. The van der Waals surface area contributed by atoms with Crippen molar-refractivity contribution in [3.8, 4) is 0 Å². The van der Waals surface area contributed by atoms with Gasteiger partial charge in [0.05, 0.1) is 17.3 Å². The van der Waals surface area contributed by atoms with Crippen molar-refractivity contribution < 1.29 is 14.3 Å². The number of aryl methyl sites for hydroxylation is 2. The van der Waals surface area contributed by atoms with Gasteiger partial charge in [-0.1, -0.05) is 23.7 Å². The molecule has 0 aliphatic rings. The lowest BCUT2D eigenvalue weighted by atomic mass is 10.0. The van der Waals surface area contributed by atoms with Gasteiger partial charge < -0.3 is 20.2 Å². The molecule has 0 aliphatic heterocycles. The Balaban J connectivity index is 1.96. The molecule has 2 aromatic rings. The van der Waals surface area contributed by atoms with Crippen LogP contribution in [0.1, 0.15) is 24.0 Å². The molecule has 0 saturated heterocycles. The van der Waals surface area contributed by atoms with E-state index in [1.807, 2.05) is 13.0 Å². The summed E-state index contributed by atoms with van der Waals surface area (Å²) in [6.45, 7) is 5.23. The van der Waals surface area contributed by atoms with Gasteiger partial charge in [-0.15, -0.1) is 0 Å². The average molecular weight is 323 g/mol. The molecule has 0 aliphatic carbocycles. The number of rotatable bonds is 4. The first-order valence-corrected chi connectivity index (χ1v) is 7.26. The third kappa shape index (κ3) is 3.81. The molecule has 6 heteroatoms. The second-order valence-corrected chi connectivity index (χ2v) is 5.81. The third-order valence-corrected chi connectivity index (χ3v) is 3.81. The molecule has 1 aromatic carbocycles. The number of carbonyl (C=O) groups is 1. The minimum absolute atomic E-state index is 0.00915. The number of hydrogen-bond acceptors (Lipinski definition) is 3. The van der Waals surface area contributed by atoms with Gasteiger partial charge in [0.1, 0.15) is 17.1 Å². The largest absolute Gasteiger partial charge is 0.463 e. The summed E-state index contributed by atoms with van der Waals surface area (Å²) in [4.78, 5) is 11.9. The van der Waals surface area contributed by atoms with Gasteiger partial charge in [0.2, 0.25) is 0 Å². The van der Waals surface area contributed by atoms with Crippen molar-refractivity contribution in [1.82, 2.24) is 5.32 Å². The van der Waals surface area contributed by atoms with Crippen LogP contribution >= 0.6 is 11.6 Å². The summed E-state index contributed by atoms with van der Waals surface area (Å²) in [5.74, 6) is 1.10. The lowest BCUT2D eigenvalue weighted by molar-refractivity contribution is 0.0364. The number of hydrogen-bond donors (Lipinski definition) is 3. The molecule has 0 radical (unpaired) electrons. The summed E-state index contributed by atoms with van der Waals surface area (Å²) in [5, 5.41) is 16.1. The van der Waals surface area contributed by atoms with Gasteiger partial charge in [0.15, 0.2) is 0 Å². The monoisotopic (exact) mass is 322 g/mol. The maximum Gasteiger partial charge on any atom is 0.319 e. The van der Waals surface area contributed by atoms with E-state index in [1.165, 1.54) is 0 Å². The van der Waals surface area contributed by atoms with Gasteiger partial charge in [-0.3, -0.25) is 0 Å². The highest BCUT2D eigenvalue weighted by Crippen LogP contribution is 2.25. The van der Waals surface area contributed by atoms with Crippen LogP contribution in [-0.2, 0) is 5.60 Å². The molecular weight excluding hydrogens is 304 g/mol. The zero-order chi connectivity index (χ0) is 16.3. The first-order chi connectivity index (χ1) is 10.3. The van der Waals surface area contributed by atoms with Gasteiger partial charge >= 0.3 is 6.03 Å². The fraction of sp³-hybridized carbons (Fsp3) is 0.312. The Morgan fingerprint density at radius 3 is 2.68 bits per heavy atom. The molecule has 0 spiro atoms. The van der Waals surface area contributed by atoms with E-state index in [1.54, 1.807) is 38.1 Å². The molecule has 0 saturated carbocycles. The molecule has 5 nitrogen and oxygen atoms in total. The number of halogens is 1. The van der Waals surface area contributed by atoms with Crippen molar-refractivity contribution in [2.75, 3.05) is 11.9 Å². The van der Waals surface area contributed by atoms with Crippen molar-refractivity contribution in [1.29, 1.82) is 0 Å². The molecule has 0 fully saturated rings. The molecule has 3 N–H and O–H groups in total. The second kappa shape index (κ2) is 6.42. The fourth-order valence-electron chi connectivity index (χ4n) is 1.97. The van der Waals surface area contributed by atoms with Crippen molar-refractivity contribution in [2.24, 2.45) is 0 Å². The highest BCUT2D eigenvalue weighted by atomic mass is 35.5. The first-order valence-electron chi connectivity index (χ1n) is 6.89. The first kappa shape index (κ1) is 16.4. The Morgan fingerprint density at radius 1 is 1.32 bits per heavy atom. The topological polar surface area (TPSA) is 74.5 Å². The summed E-state index contributed by atoms with van der Waals surface area (Å²) >= 11 is 6.12. The number of nitrogens with one attached hydrogen (secondary N) is 2. The highest BCUT2D eigenvalue weighted by molar-refractivity contribution is 6.34. The van der Waals surface area contributed by atoms with Crippen LogP contribution in [0.2, 0.25) is 5.02 Å². The zero-order valence-corrected chi connectivity index (χ0v) is 13.5. The number of furan rings is 1. The summed E-state index contributed by atoms with van der Waals surface area (Å²) in [6, 6.07) is 8.37. The zero-order valence-electron chi connectivity index (χ0n) is 12.7. The maximum atomic E-state index is 11.9. The SMILES string of the molecule is Cc1ccc(C(C)(O)CNC(=O)Nc2cccc(C)c2Cl)o1. The Labute approximate surface area is 134 Å². The Morgan fingerprint density at radius 2 is 2.05 bits per heavy atom. The molecule has 1 heterocycles. The minimum Gasteiger partial charge on any atom is -0.463 e. The van der Waals surface area contributed by atoms with Gasteiger partial charge in [-0.2, -0.15) is 0 Å². The minimum atomic E-state index is -1.29. The normalized spacial score (nSPS) is 13.5. The van der Waals surface area contributed by atoms with Gasteiger partial charge in [-0.25, -0.2) is 4.79 Å². The van der Waals surface area contributed by atoms with Gasteiger partial charge in [0, 0.05) is 0 Å². The Kier molecular flexibility index (Phi) is 4.78. The van der Waals surface area contributed by atoms with Crippen molar-refractivity contribution in [3.05, 3.63) is 52.4 Å². The second-order valence-electron chi connectivity index (χ2n) is 5.43. The van der Waals surface area contributed by atoms with E-state index in [4.69, 9.17) is 16.0 Å². The van der Waals surface area contributed by atoms with Crippen LogP contribution in [0.15, 0.2) is 34.7 Å². The van der Waals surface area contributed by atoms with E-state index in [-0.39, 0.29) is 6.54 Å². The predicted molar refractivity (Wildman–Crippen MR) is 86.2 cm³/mol. The molecule has 2 amide bonds. The van der Waals surface area contributed by atoms with Crippen LogP contribution in [0.5, 0.6) is 0 Å². The lowest BCUT2D eigenvalue weighted by Crippen LogP contribution is -2.40. The van der Waals surface area contributed by atoms with Gasteiger partial charge in [0.25, 0.3) is 0 Å². The van der Waals surface area contributed by atoms with Crippen molar-refractivity contribution in [2.45, 2.75) is 26.4 Å².